The number of hydrogen-bond acceptors (Lipinski definition) is 2. The second-order valence-corrected chi connectivity index (χ2v) is 6.94. The van der Waals surface area contributed by atoms with E-state index in [1.165, 1.54) is 0 Å². The van der Waals surface area contributed by atoms with Crippen molar-refractivity contribution in [2.24, 2.45) is 0 Å². The fourth-order valence-corrected chi connectivity index (χ4v) is 3.09. The molecule has 3 nitrogen and oxygen atoms in total. The minimum atomic E-state index is -0.170. The lowest BCUT2D eigenvalue weighted by atomic mass is 10.0. The van der Waals surface area contributed by atoms with Gasteiger partial charge in [-0.05, 0) is 82.6 Å². The molecule has 0 saturated heterocycles. The fourth-order valence-electron chi connectivity index (χ4n) is 2.34. The summed E-state index contributed by atoms with van der Waals surface area (Å²) in [5.74, 6) is -0.170. The smallest absolute Gasteiger partial charge is 0.256 e. The first kappa shape index (κ1) is 16.9. The second kappa shape index (κ2) is 7.32. The lowest BCUT2D eigenvalue weighted by molar-refractivity contribution is 0.102. The predicted octanol–water partition coefficient (Wildman–Crippen LogP) is 5.57. The maximum atomic E-state index is 12.6. The zero-order chi connectivity index (χ0) is 17.1. The molecule has 0 aliphatic rings. The number of anilines is 1. The Morgan fingerprint density at radius 2 is 1.79 bits per heavy atom. The SMILES string of the molecule is Cc1ccc(-c2ccncc2)cc1NC(=O)c1cc(Cl)ccc1I. The lowest BCUT2D eigenvalue weighted by Gasteiger charge is -2.12. The van der Waals surface area contributed by atoms with Gasteiger partial charge in [0.25, 0.3) is 5.91 Å². The molecule has 0 aliphatic heterocycles. The maximum absolute atomic E-state index is 12.6. The molecule has 2 aromatic carbocycles. The number of aromatic nitrogens is 1. The molecule has 0 spiro atoms. The summed E-state index contributed by atoms with van der Waals surface area (Å²) < 4.78 is 0.859. The molecule has 0 unspecified atom stereocenters. The molecule has 3 aromatic rings. The highest BCUT2D eigenvalue weighted by Gasteiger charge is 2.12. The Kier molecular flexibility index (Phi) is 5.16. The standard InChI is InChI=1S/C19H14ClIN2O/c1-12-2-3-14(13-6-8-22-9-7-13)10-18(12)23-19(24)16-11-15(20)4-5-17(16)21/h2-11H,1H3,(H,23,24). The van der Waals surface area contributed by atoms with Gasteiger partial charge in [0, 0.05) is 26.7 Å². The molecule has 1 N–H and O–H groups in total. The van der Waals surface area contributed by atoms with Gasteiger partial charge in [0.15, 0.2) is 0 Å². The average Bonchev–Trinajstić information content (AvgIpc) is 2.59. The van der Waals surface area contributed by atoms with Gasteiger partial charge in [-0.15, -0.1) is 0 Å². The van der Waals surface area contributed by atoms with Crippen LogP contribution in [0.1, 0.15) is 15.9 Å². The van der Waals surface area contributed by atoms with Crippen molar-refractivity contribution in [3.05, 3.63) is 80.6 Å². The molecule has 0 saturated carbocycles. The summed E-state index contributed by atoms with van der Waals surface area (Å²) in [6, 6.07) is 15.2. The van der Waals surface area contributed by atoms with Gasteiger partial charge in [0.1, 0.15) is 0 Å². The quantitative estimate of drug-likeness (QED) is 0.533. The fraction of sp³-hybridized carbons (Fsp3) is 0.0526. The van der Waals surface area contributed by atoms with E-state index in [2.05, 4.69) is 32.9 Å². The Labute approximate surface area is 159 Å². The zero-order valence-corrected chi connectivity index (χ0v) is 15.8. The van der Waals surface area contributed by atoms with Gasteiger partial charge in [-0.1, -0.05) is 23.7 Å². The number of carbonyl (C=O) groups excluding carboxylic acids is 1. The highest BCUT2D eigenvalue weighted by Crippen LogP contribution is 2.26. The molecule has 24 heavy (non-hydrogen) atoms. The Morgan fingerprint density at radius 1 is 1.04 bits per heavy atom. The van der Waals surface area contributed by atoms with Crippen LogP contribution in [0.2, 0.25) is 5.02 Å². The van der Waals surface area contributed by atoms with Crippen molar-refractivity contribution >= 4 is 45.8 Å². The van der Waals surface area contributed by atoms with Gasteiger partial charge in [0.2, 0.25) is 0 Å². The van der Waals surface area contributed by atoms with E-state index in [9.17, 15) is 4.79 Å². The van der Waals surface area contributed by atoms with Crippen LogP contribution in [0.4, 0.5) is 5.69 Å². The number of rotatable bonds is 3. The third kappa shape index (κ3) is 3.76. The van der Waals surface area contributed by atoms with E-state index in [0.29, 0.717) is 10.6 Å². The Bertz CT molecular complexity index is 897. The summed E-state index contributed by atoms with van der Waals surface area (Å²) in [5, 5.41) is 3.53. The van der Waals surface area contributed by atoms with Crippen LogP contribution in [0, 0.1) is 10.5 Å². The molecule has 3 rings (SSSR count). The van der Waals surface area contributed by atoms with E-state index >= 15 is 0 Å². The van der Waals surface area contributed by atoms with E-state index in [0.717, 1.165) is 25.9 Å². The molecular formula is C19H14ClIN2O. The Morgan fingerprint density at radius 3 is 2.54 bits per heavy atom. The highest BCUT2D eigenvalue weighted by molar-refractivity contribution is 14.1. The first-order valence-electron chi connectivity index (χ1n) is 7.32. The number of carbonyl (C=O) groups is 1. The van der Waals surface area contributed by atoms with Crippen molar-refractivity contribution in [1.29, 1.82) is 0 Å². The molecule has 5 heteroatoms. The Balaban J connectivity index is 1.92. The van der Waals surface area contributed by atoms with Crippen molar-refractivity contribution in [2.75, 3.05) is 5.32 Å². The van der Waals surface area contributed by atoms with Crippen LogP contribution in [-0.2, 0) is 0 Å². The summed E-state index contributed by atoms with van der Waals surface area (Å²) in [5.41, 5.74) is 4.43. The molecule has 0 aliphatic carbocycles. The number of nitrogens with zero attached hydrogens (tertiary/aromatic N) is 1. The van der Waals surface area contributed by atoms with E-state index in [-0.39, 0.29) is 5.91 Å². The predicted molar refractivity (Wildman–Crippen MR) is 107 cm³/mol. The van der Waals surface area contributed by atoms with Crippen LogP contribution in [-0.4, -0.2) is 10.9 Å². The molecular weight excluding hydrogens is 435 g/mol. The molecule has 0 radical (unpaired) electrons. The molecule has 1 aromatic heterocycles. The average molecular weight is 449 g/mol. The third-order valence-electron chi connectivity index (χ3n) is 3.67. The molecule has 0 fully saturated rings. The minimum Gasteiger partial charge on any atom is -0.322 e. The number of pyridine rings is 1. The first-order chi connectivity index (χ1) is 11.5. The summed E-state index contributed by atoms with van der Waals surface area (Å²) in [6.07, 6.45) is 3.50. The van der Waals surface area contributed by atoms with E-state index in [4.69, 9.17) is 11.6 Å². The van der Waals surface area contributed by atoms with Crippen LogP contribution in [0.15, 0.2) is 60.9 Å². The minimum absolute atomic E-state index is 0.170. The highest BCUT2D eigenvalue weighted by atomic mass is 127. The normalized spacial score (nSPS) is 10.5. The van der Waals surface area contributed by atoms with Crippen LogP contribution in [0.3, 0.4) is 0 Å². The van der Waals surface area contributed by atoms with E-state index < -0.39 is 0 Å². The third-order valence-corrected chi connectivity index (χ3v) is 4.85. The largest absolute Gasteiger partial charge is 0.322 e. The number of aryl methyl sites for hydroxylation is 1. The van der Waals surface area contributed by atoms with Crippen molar-refractivity contribution in [1.82, 2.24) is 4.98 Å². The number of nitrogens with one attached hydrogen (secondary N) is 1. The number of amides is 1. The molecule has 1 heterocycles. The van der Waals surface area contributed by atoms with Crippen molar-refractivity contribution in [3.8, 4) is 11.1 Å². The van der Waals surface area contributed by atoms with Crippen LogP contribution >= 0.6 is 34.2 Å². The number of hydrogen-bond donors (Lipinski definition) is 1. The summed E-state index contributed by atoms with van der Waals surface area (Å²) in [6.45, 7) is 1.97. The lowest BCUT2D eigenvalue weighted by Crippen LogP contribution is -2.14. The van der Waals surface area contributed by atoms with Gasteiger partial charge in [-0.2, -0.15) is 0 Å². The monoisotopic (exact) mass is 448 g/mol. The topological polar surface area (TPSA) is 42.0 Å². The van der Waals surface area contributed by atoms with Crippen LogP contribution in [0.25, 0.3) is 11.1 Å². The van der Waals surface area contributed by atoms with Gasteiger partial charge in [-0.3, -0.25) is 9.78 Å². The number of halogens is 2. The maximum Gasteiger partial charge on any atom is 0.256 e. The summed E-state index contributed by atoms with van der Waals surface area (Å²) in [4.78, 5) is 16.6. The number of benzene rings is 2. The first-order valence-corrected chi connectivity index (χ1v) is 8.78. The van der Waals surface area contributed by atoms with Gasteiger partial charge in [-0.25, -0.2) is 0 Å². The molecule has 1 amide bonds. The van der Waals surface area contributed by atoms with Crippen LogP contribution in [0.5, 0.6) is 0 Å². The van der Waals surface area contributed by atoms with Crippen molar-refractivity contribution < 1.29 is 4.79 Å². The summed E-state index contributed by atoms with van der Waals surface area (Å²) >= 11 is 8.14. The molecule has 0 atom stereocenters. The van der Waals surface area contributed by atoms with E-state index in [1.807, 2.05) is 43.3 Å². The van der Waals surface area contributed by atoms with Gasteiger partial charge in [0.05, 0.1) is 5.56 Å². The van der Waals surface area contributed by atoms with Gasteiger partial charge >= 0.3 is 0 Å². The summed E-state index contributed by atoms with van der Waals surface area (Å²) in [7, 11) is 0. The van der Waals surface area contributed by atoms with Gasteiger partial charge < -0.3 is 5.32 Å². The molecule has 0 bridgehead atoms. The van der Waals surface area contributed by atoms with E-state index in [1.54, 1.807) is 24.5 Å². The van der Waals surface area contributed by atoms with Crippen molar-refractivity contribution in [3.63, 3.8) is 0 Å². The zero-order valence-electron chi connectivity index (χ0n) is 12.9. The molecule has 120 valence electrons. The Hall–Kier alpha value is -1.92. The van der Waals surface area contributed by atoms with Crippen LogP contribution < -0.4 is 5.32 Å². The van der Waals surface area contributed by atoms with Crippen molar-refractivity contribution in [2.45, 2.75) is 6.92 Å². The second-order valence-electron chi connectivity index (χ2n) is 5.34.